The fourth-order valence-electron chi connectivity index (χ4n) is 1.56. The van der Waals surface area contributed by atoms with Crippen molar-refractivity contribution in [1.29, 1.82) is 0 Å². The number of aliphatic hydroxyl groups excluding tert-OH is 1. The van der Waals surface area contributed by atoms with E-state index in [0.29, 0.717) is 6.04 Å². The molecule has 0 aliphatic carbocycles. The van der Waals surface area contributed by atoms with Crippen molar-refractivity contribution in [1.82, 2.24) is 4.90 Å². The lowest BCUT2D eigenvalue weighted by Crippen LogP contribution is -2.39. The number of aliphatic hydroxyl groups is 1. The summed E-state index contributed by atoms with van der Waals surface area (Å²) < 4.78 is 0. The first-order valence-electron chi connectivity index (χ1n) is 5.07. The predicted molar refractivity (Wildman–Crippen MR) is 53.0 cm³/mol. The lowest BCUT2D eigenvalue weighted by molar-refractivity contribution is -0.0117. The minimum atomic E-state index is -0.263. The Balaban J connectivity index is 3.91. The number of nitrogens with zero attached hydrogens (tertiary/aromatic N) is 1. The van der Waals surface area contributed by atoms with Crippen molar-refractivity contribution >= 4 is 0 Å². The van der Waals surface area contributed by atoms with Gasteiger partial charge in [0.15, 0.2) is 0 Å². The van der Waals surface area contributed by atoms with Crippen LogP contribution < -0.4 is 0 Å². The van der Waals surface area contributed by atoms with Gasteiger partial charge < -0.3 is 5.11 Å². The van der Waals surface area contributed by atoms with E-state index < -0.39 is 0 Å². The van der Waals surface area contributed by atoms with Gasteiger partial charge in [-0.15, -0.1) is 0 Å². The van der Waals surface area contributed by atoms with Crippen molar-refractivity contribution in [3.05, 3.63) is 0 Å². The number of hydrogen-bond donors (Lipinski definition) is 1. The molecule has 2 atom stereocenters. The molecule has 1 N–H and O–H groups in total. The highest BCUT2D eigenvalue weighted by Crippen LogP contribution is 2.12. The predicted octanol–water partition coefficient (Wildman–Crippen LogP) is 2.23. The van der Waals surface area contributed by atoms with Gasteiger partial charge in [-0.2, -0.15) is 0 Å². The zero-order chi connectivity index (χ0) is 9.56. The van der Waals surface area contributed by atoms with Crippen LogP contribution in [0.5, 0.6) is 0 Å². The molecule has 0 rings (SSSR count). The topological polar surface area (TPSA) is 23.5 Å². The monoisotopic (exact) mass is 173 g/mol. The second-order valence-electron chi connectivity index (χ2n) is 3.41. The Morgan fingerprint density at radius 3 is 2.08 bits per heavy atom. The van der Waals surface area contributed by atoms with Gasteiger partial charge in [-0.1, -0.05) is 27.2 Å². The van der Waals surface area contributed by atoms with Crippen molar-refractivity contribution in [2.75, 3.05) is 7.05 Å². The molecule has 0 heterocycles. The van der Waals surface area contributed by atoms with E-state index in [4.69, 9.17) is 0 Å². The molecular weight excluding hydrogens is 150 g/mol. The van der Waals surface area contributed by atoms with Gasteiger partial charge in [0, 0.05) is 6.04 Å². The highest BCUT2D eigenvalue weighted by molar-refractivity contribution is 4.68. The van der Waals surface area contributed by atoms with Gasteiger partial charge in [-0.3, -0.25) is 4.90 Å². The first-order chi connectivity index (χ1) is 5.67. The molecule has 0 bridgehead atoms. The molecule has 0 aromatic heterocycles. The average molecular weight is 173 g/mol. The Labute approximate surface area is 76.6 Å². The lowest BCUT2D eigenvalue weighted by atomic mass is 10.1. The van der Waals surface area contributed by atoms with Crippen LogP contribution in [0.15, 0.2) is 0 Å². The van der Waals surface area contributed by atoms with Crippen molar-refractivity contribution in [3.8, 4) is 0 Å². The van der Waals surface area contributed by atoms with E-state index in [9.17, 15) is 5.11 Å². The van der Waals surface area contributed by atoms with Crippen LogP contribution in [0.1, 0.15) is 46.5 Å². The Hall–Kier alpha value is -0.0800. The van der Waals surface area contributed by atoms with Crippen LogP contribution in [0.2, 0.25) is 0 Å². The summed E-state index contributed by atoms with van der Waals surface area (Å²) in [6.07, 6.45) is 4.06. The molecule has 2 unspecified atom stereocenters. The van der Waals surface area contributed by atoms with E-state index in [0.717, 1.165) is 12.8 Å². The fraction of sp³-hybridized carbons (Fsp3) is 1.00. The molecule has 2 nitrogen and oxygen atoms in total. The van der Waals surface area contributed by atoms with Gasteiger partial charge in [-0.25, -0.2) is 0 Å². The van der Waals surface area contributed by atoms with Crippen molar-refractivity contribution in [2.45, 2.75) is 58.7 Å². The largest absolute Gasteiger partial charge is 0.378 e. The van der Waals surface area contributed by atoms with Gasteiger partial charge in [0.25, 0.3) is 0 Å². The average Bonchev–Trinajstić information content (AvgIpc) is 2.11. The second-order valence-corrected chi connectivity index (χ2v) is 3.41. The highest BCUT2D eigenvalue weighted by Gasteiger charge is 2.16. The molecular formula is C10H23NO. The van der Waals surface area contributed by atoms with Gasteiger partial charge in [0.2, 0.25) is 0 Å². The molecule has 0 aliphatic heterocycles. The Kier molecular flexibility index (Phi) is 6.39. The summed E-state index contributed by atoms with van der Waals surface area (Å²) in [4.78, 5) is 2.09. The summed E-state index contributed by atoms with van der Waals surface area (Å²) in [7, 11) is 2.01. The third-order valence-corrected chi connectivity index (χ3v) is 2.50. The third-order valence-electron chi connectivity index (χ3n) is 2.50. The normalized spacial score (nSPS) is 16.5. The first kappa shape index (κ1) is 11.9. The van der Waals surface area contributed by atoms with Gasteiger partial charge in [0.05, 0.1) is 0 Å². The Morgan fingerprint density at radius 2 is 1.75 bits per heavy atom. The van der Waals surface area contributed by atoms with Crippen LogP contribution in [0.25, 0.3) is 0 Å². The maximum absolute atomic E-state index is 9.58. The van der Waals surface area contributed by atoms with E-state index in [-0.39, 0.29) is 6.23 Å². The van der Waals surface area contributed by atoms with E-state index in [2.05, 4.69) is 18.7 Å². The lowest BCUT2D eigenvalue weighted by Gasteiger charge is -2.30. The van der Waals surface area contributed by atoms with Crippen LogP contribution in [0.3, 0.4) is 0 Å². The molecule has 0 saturated carbocycles. The smallest absolute Gasteiger partial charge is 0.107 e. The molecule has 12 heavy (non-hydrogen) atoms. The number of hydrogen-bond acceptors (Lipinski definition) is 2. The fourth-order valence-corrected chi connectivity index (χ4v) is 1.56. The molecule has 0 aliphatic rings. The molecule has 0 radical (unpaired) electrons. The molecule has 0 saturated heterocycles. The minimum Gasteiger partial charge on any atom is -0.378 e. The van der Waals surface area contributed by atoms with E-state index in [1.54, 1.807) is 0 Å². The molecule has 2 heteroatoms. The van der Waals surface area contributed by atoms with Crippen molar-refractivity contribution < 1.29 is 5.11 Å². The summed E-state index contributed by atoms with van der Waals surface area (Å²) in [5, 5.41) is 9.58. The maximum atomic E-state index is 9.58. The summed E-state index contributed by atoms with van der Waals surface area (Å²) in [5.41, 5.74) is 0. The molecule has 74 valence electrons. The summed E-state index contributed by atoms with van der Waals surface area (Å²) >= 11 is 0. The van der Waals surface area contributed by atoms with Crippen LogP contribution >= 0.6 is 0 Å². The third kappa shape index (κ3) is 3.55. The highest BCUT2D eigenvalue weighted by atomic mass is 16.3. The van der Waals surface area contributed by atoms with Crippen LogP contribution in [0, 0.1) is 0 Å². The van der Waals surface area contributed by atoms with Crippen LogP contribution in [0.4, 0.5) is 0 Å². The van der Waals surface area contributed by atoms with Crippen LogP contribution in [-0.2, 0) is 0 Å². The van der Waals surface area contributed by atoms with E-state index in [1.807, 2.05) is 14.0 Å². The van der Waals surface area contributed by atoms with Gasteiger partial charge >= 0.3 is 0 Å². The number of rotatable bonds is 6. The standard InChI is InChI=1S/C10H23NO/c1-5-8-9(6-2)11(4)10(12)7-3/h9-10,12H,5-8H2,1-4H3. The Morgan fingerprint density at radius 1 is 1.17 bits per heavy atom. The van der Waals surface area contributed by atoms with E-state index in [1.165, 1.54) is 12.8 Å². The zero-order valence-corrected chi connectivity index (χ0v) is 8.88. The second kappa shape index (κ2) is 6.44. The summed E-state index contributed by atoms with van der Waals surface area (Å²) in [5.74, 6) is 0. The van der Waals surface area contributed by atoms with Crippen molar-refractivity contribution in [3.63, 3.8) is 0 Å². The van der Waals surface area contributed by atoms with Gasteiger partial charge in [0.1, 0.15) is 6.23 Å². The quantitative estimate of drug-likeness (QED) is 0.623. The molecule has 0 aromatic carbocycles. The Bertz CT molecular complexity index is 106. The summed E-state index contributed by atoms with van der Waals surface area (Å²) in [6.45, 7) is 6.38. The van der Waals surface area contributed by atoms with E-state index >= 15 is 0 Å². The van der Waals surface area contributed by atoms with Crippen molar-refractivity contribution in [2.24, 2.45) is 0 Å². The van der Waals surface area contributed by atoms with Gasteiger partial charge in [-0.05, 0) is 26.3 Å². The minimum absolute atomic E-state index is 0.263. The SMILES string of the molecule is CCCC(CC)N(C)C(O)CC. The molecule has 0 aromatic rings. The van der Waals surface area contributed by atoms with Crippen LogP contribution in [-0.4, -0.2) is 29.3 Å². The molecule has 0 spiro atoms. The maximum Gasteiger partial charge on any atom is 0.107 e. The molecule has 0 amide bonds. The zero-order valence-electron chi connectivity index (χ0n) is 8.88. The molecule has 0 fully saturated rings. The first-order valence-corrected chi connectivity index (χ1v) is 5.07. The summed E-state index contributed by atoms with van der Waals surface area (Å²) in [6, 6.07) is 0.546.